The normalized spacial score (nSPS) is 29.1. The fraction of sp³-hybridized carbons (Fsp3) is 0.667. The van der Waals surface area contributed by atoms with Crippen LogP contribution in [0.2, 0.25) is 0 Å². The van der Waals surface area contributed by atoms with E-state index in [-0.39, 0.29) is 28.9 Å². The minimum atomic E-state index is -4.39. The van der Waals surface area contributed by atoms with Crippen LogP contribution in [0.25, 0.3) is 0 Å². The van der Waals surface area contributed by atoms with E-state index in [4.69, 9.17) is 4.74 Å². The first-order chi connectivity index (χ1) is 13.0. The smallest absolute Gasteiger partial charge is 0.416 e. The molecule has 1 saturated heterocycles. The second kappa shape index (κ2) is 6.37. The van der Waals surface area contributed by atoms with Gasteiger partial charge in [0.05, 0.1) is 18.3 Å². The van der Waals surface area contributed by atoms with Gasteiger partial charge in [-0.15, -0.1) is 0 Å². The van der Waals surface area contributed by atoms with Gasteiger partial charge in [0, 0.05) is 24.4 Å². The standard InChI is InChI=1S/C21H26F3NO3/c1-19(27)9-15(10-19)18(26)25-11-20(12-25)7-13(8-20)5-14-3-4-16(28-2)6-17(14)21(22,23)24/h3-4,6,13,15,27H,5,7-12H2,1-2H3. The monoisotopic (exact) mass is 397 g/mol. The van der Waals surface area contributed by atoms with E-state index in [9.17, 15) is 23.1 Å². The van der Waals surface area contributed by atoms with Gasteiger partial charge in [-0.1, -0.05) is 6.07 Å². The van der Waals surface area contributed by atoms with Crippen LogP contribution in [-0.4, -0.2) is 41.7 Å². The number of benzene rings is 1. The molecule has 1 aliphatic heterocycles. The van der Waals surface area contributed by atoms with Crippen LogP contribution in [0.1, 0.15) is 43.7 Å². The minimum Gasteiger partial charge on any atom is -0.497 e. The zero-order chi connectivity index (χ0) is 20.3. The van der Waals surface area contributed by atoms with Crippen LogP contribution >= 0.6 is 0 Å². The van der Waals surface area contributed by atoms with Crippen molar-refractivity contribution in [3.63, 3.8) is 0 Å². The van der Waals surface area contributed by atoms with E-state index < -0.39 is 17.3 Å². The highest BCUT2D eigenvalue weighted by molar-refractivity contribution is 5.81. The number of alkyl halides is 3. The van der Waals surface area contributed by atoms with E-state index in [1.165, 1.54) is 13.2 Å². The third kappa shape index (κ3) is 3.49. The zero-order valence-electron chi connectivity index (χ0n) is 16.2. The van der Waals surface area contributed by atoms with Crippen LogP contribution in [0, 0.1) is 17.3 Å². The number of hydrogen-bond donors (Lipinski definition) is 1. The number of amides is 1. The Bertz CT molecular complexity index is 768. The number of methoxy groups -OCH3 is 1. The molecule has 28 heavy (non-hydrogen) atoms. The molecule has 3 aliphatic rings. The molecule has 1 N–H and O–H groups in total. The molecule has 2 aliphatic carbocycles. The van der Waals surface area contributed by atoms with Crippen LogP contribution in [0.5, 0.6) is 5.75 Å². The van der Waals surface area contributed by atoms with Crippen molar-refractivity contribution in [3.05, 3.63) is 29.3 Å². The van der Waals surface area contributed by atoms with E-state index in [0.717, 1.165) is 18.9 Å². The molecular formula is C21H26F3NO3. The first-order valence-electron chi connectivity index (χ1n) is 9.76. The highest BCUT2D eigenvalue weighted by Gasteiger charge is 2.55. The SMILES string of the molecule is COc1ccc(CC2CC3(C2)CN(C(=O)C2CC(C)(O)C2)C3)c(C(F)(F)F)c1. The lowest BCUT2D eigenvalue weighted by Gasteiger charge is -2.60. The maximum absolute atomic E-state index is 13.4. The molecule has 3 fully saturated rings. The Kier molecular flexibility index (Phi) is 4.45. The fourth-order valence-corrected chi connectivity index (χ4v) is 5.36. The molecule has 0 radical (unpaired) electrons. The van der Waals surface area contributed by atoms with Gasteiger partial charge < -0.3 is 14.7 Å². The highest BCUT2D eigenvalue weighted by atomic mass is 19.4. The summed E-state index contributed by atoms with van der Waals surface area (Å²) in [5, 5.41) is 9.79. The average molecular weight is 397 g/mol. The number of carbonyl (C=O) groups is 1. The number of hydrogen-bond acceptors (Lipinski definition) is 3. The molecule has 7 heteroatoms. The maximum atomic E-state index is 13.4. The summed E-state index contributed by atoms with van der Waals surface area (Å²) in [6, 6.07) is 4.17. The molecule has 1 aromatic rings. The minimum absolute atomic E-state index is 0.0723. The molecule has 0 atom stereocenters. The van der Waals surface area contributed by atoms with Gasteiger partial charge in [0.25, 0.3) is 0 Å². The zero-order valence-corrected chi connectivity index (χ0v) is 16.2. The summed E-state index contributed by atoms with van der Waals surface area (Å²) < 4.78 is 45.0. The molecule has 1 spiro atoms. The van der Waals surface area contributed by atoms with Crippen molar-refractivity contribution in [1.82, 2.24) is 4.90 Å². The molecule has 154 valence electrons. The summed E-state index contributed by atoms with van der Waals surface area (Å²) in [6.07, 6.45) is -1.22. The molecular weight excluding hydrogens is 371 g/mol. The number of likely N-dealkylation sites (tertiary alicyclic amines) is 1. The average Bonchev–Trinajstić information content (AvgIpc) is 2.52. The van der Waals surface area contributed by atoms with Crippen molar-refractivity contribution < 1.29 is 27.8 Å². The molecule has 0 aromatic heterocycles. The van der Waals surface area contributed by atoms with Gasteiger partial charge in [-0.3, -0.25) is 4.79 Å². The fourth-order valence-electron chi connectivity index (χ4n) is 5.36. The molecule has 0 bridgehead atoms. The van der Waals surface area contributed by atoms with Crippen LogP contribution in [0.4, 0.5) is 13.2 Å². The lowest BCUT2D eigenvalue weighted by Crippen LogP contribution is -2.66. The third-order valence-corrected chi connectivity index (χ3v) is 6.66. The Morgan fingerprint density at radius 2 is 1.89 bits per heavy atom. The molecule has 1 heterocycles. The summed E-state index contributed by atoms with van der Waals surface area (Å²) in [6.45, 7) is 3.16. The van der Waals surface area contributed by atoms with Gasteiger partial charge in [0.15, 0.2) is 0 Å². The lowest BCUT2D eigenvalue weighted by molar-refractivity contribution is -0.171. The number of halogens is 3. The van der Waals surface area contributed by atoms with Gasteiger partial charge in [-0.25, -0.2) is 0 Å². The van der Waals surface area contributed by atoms with Gasteiger partial charge in [0.1, 0.15) is 5.75 Å². The Morgan fingerprint density at radius 1 is 1.25 bits per heavy atom. The molecule has 2 saturated carbocycles. The van der Waals surface area contributed by atoms with Crippen LogP contribution in [-0.2, 0) is 17.4 Å². The van der Waals surface area contributed by atoms with Crippen molar-refractivity contribution in [2.75, 3.05) is 20.2 Å². The molecule has 4 rings (SSSR count). The predicted molar refractivity (Wildman–Crippen MR) is 96.8 cm³/mol. The van der Waals surface area contributed by atoms with E-state index in [2.05, 4.69) is 0 Å². The van der Waals surface area contributed by atoms with E-state index >= 15 is 0 Å². The third-order valence-electron chi connectivity index (χ3n) is 6.66. The lowest BCUT2D eigenvalue weighted by atomic mass is 9.56. The second-order valence-electron chi connectivity index (χ2n) is 9.30. The Morgan fingerprint density at radius 3 is 2.43 bits per heavy atom. The topological polar surface area (TPSA) is 49.8 Å². The van der Waals surface area contributed by atoms with Gasteiger partial charge in [0.2, 0.25) is 5.91 Å². The highest BCUT2D eigenvalue weighted by Crippen LogP contribution is 2.54. The summed E-state index contributed by atoms with van der Waals surface area (Å²) in [5.74, 6) is 0.479. The molecule has 1 aromatic carbocycles. The van der Waals surface area contributed by atoms with Crippen molar-refractivity contribution in [3.8, 4) is 5.75 Å². The Balaban J connectivity index is 1.31. The summed E-state index contributed by atoms with van der Waals surface area (Å²) >= 11 is 0. The van der Waals surface area contributed by atoms with E-state index in [1.54, 1.807) is 13.0 Å². The molecule has 0 unspecified atom stereocenters. The number of aliphatic hydroxyl groups is 1. The van der Waals surface area contributed by atoms with Gasteiger partial charge in [-0.2, -0.15) is 13.2 Å². The van der Waals surface area contributed by atoms with Crippen molar-refractivity contribution in [1.29, 1.82) is 0 Å². The number of ether oxygens (including phenoxy) is 1. The number of nitrogens with zero attached hydrogens (tertiary/aromatic N) is 1. The van der Waals surface area contributed by atoms with Crippen molar-refractivity contribution in [2.24, 2.45) is 17.3 Å². The summed E-state index contributed by atoms with van der Waals surface area (Å²) in [7, 11) is 1.36. The summed E-state index contributed by atoms with van der Waals surface area (Å²) in [4.78, 5) is 14.2. The first kappa shape index (κ1) is 19.6. The molecule has 1 amide bonds. The van der Waals surface area contributed by atoms with Crippen molar-refractivity contribution >= 4 is 5.91 Å². The first-order valence-corrected chi connectivity index (χ1v) is 9.76. The van der Waals surface area contributed by atoms with Crippen molar-refractivity contribution in [2.45, 2.75) is 50.8 Å². The molecule has 4 nitrogen and oxygen atoms in total. The second-order valence-corrected chi connectivity index (χ2v) is 9.30. The van der Waals surface area contributed by atoms with E-state index in [0.29, 0.717) is 37.9 Å². The summed E-state index contributed by atoms with van der Waals surface area (Å²) in [5.41, 5.74) is -0.913. The number of carbonyl (C=O) groups excluding carboxylic acids is 1. The van der Waals surface area contributed by atoms with Gasteiger partial charge in [-0.05, 0) is 62.6 Å². The van der Waals surface area contributed by atoms with Gasteiger partial charge >= 0.3 is 6.18 Å². The predicted octanol–water partition coefficient (Wildman–Crippen LogP) is 3.66. The Hall–Kier alpha value is -1.76. The van der Waals surface area contributed by atoms with Crippen LogP contribution < -0.4 is 4.74 Å². The van der Waals surface area contributed by atoms with E-state index in [1.807, 2.05) is 4.90 Å². The quantitative estimate of drug-likeness (QED) is 0.844. The van der Waals surface area contributed by atoms with Crippen LogP contribution in [0.15, 0.2) is 18.2 Å². The number of rotatable bonds is 4. The van der Waals surface area contributed by atoms with Crippen LogP contribution in [0.3, 0.4) is 0 Å². The largest absolute Gasteiger partial charge is 0.497 e. The maximum Gasteiger partial charge on any atom is 0.416 e. The Labute approximate surface area is 162 Å².